The SMILES string of the molecule is CNCCCNC(=O)c1cc(NC(=O)C(C)C)ccc1Cl.Cl. The third-order valence-electron chi connectivity index (χ3n) is 2.89. The molecule has 0 aliphatic rings. The molecule has 1 aromatic rings. The van der Waals surface area contributed by atoms with Crippen LogP contribution >= 0.6 is 24.0 Å². The number of anilines is 1. The van der Waals surface area contributed by atoms with Crippen LogP contribution in [-0.2, 0) is 4.79 Å². The first-order valence-electron chi connectivity index (χ1n) is 6.99. The van der Waals surface area contributed by atoms with Crippen LogP contribution in [0.25, 0.3) is 0 Å². The zero-order valence-electron chi connectivity index (χ0n) is 13.0. The average molecular weight is 348 g/mol. The van der Waals surface area contributed by atoms with Crippen molar-refractivity contribution in [1.82, 2.24) is 10.6 Å². The van der Waals surface area contributed by atoms with Crippen LogP contribution in [0.3, 0.4) is 0 Å². The maximum atomic E-state index is 12.1. The number of halogens is 2. The molecule has 0 spiro atoms. The number of carbonyl (C=O) groups excluding carboxylic acids is 2. The highest BCUT2D eigenvalue weighted by Crippen LogP contribution is 2.21. The molecule has 1 aromatic carbocycles. The molecule has 3 N–H and O–H groups in total. The van der Waals surface area contributed by atoms with Gasteiger partial charge in [0.25, 0.3) is 5.91 Å². The van der Waals surface area contributed by atoms with Gasteiger partial charge in [0.1, 0.15) is 0 Å². The van der Waals surface area contributed by atoms with Gasteiger partial charge in [-0.1, -0.05) is 25.4 Å². The van der Waals surface area contributed by atoms with Crippen LogP contribution in [0.1, 0.15) is 30.6 Å². The molecule has 5 nitrogen and oxygen atoms in total. The number of hydrogen-bond acceptors (Lipinski definition) is 3. The van der Waals surface area contributed by atoms with Gasteiger partial charge in [0.05, 0.1) is 10.6 Å². The molecule has 0 heterocycles. The van der Waals surface area contributed by atoms with Crippen molar-refractivity contribution in [3.8, 4) is 0 Å². The Labute approximate surface area is 142 Å². The van der Waals surface area contributed by atoms with E-state index in [0.29, 0.717) is 22.8 Å². The minimum atomic E-state index is -0.239. The fraction of sp³-hybridized carbons (Fsp3) is 0.467. The van der Waals surface area contributed by atoms with E-state index in [0.717, 1.165) is 13.0 Å². The van der Waals surface area contributed by atoms with Crippen LogP contribution in [0.15, 0.2) is 18.2 Å². The van der Waals surface area contributed by atoms with Crippen molar-refractivity contribution in [1.29, 1.82) is 0 Å². The summed E-state index contributed by atoms with van der Waals surface area (Å²) in [5, 5.41) is 8.93. The molecule has 0 bridgehead atoms. The van der Waals surface area contributed by atoms with E-state index in [1.165, 1.54) is 0 Å². The van der Waals surface area contributed by atoms with Gasteiger partial charge in [-0.05, 0) is 38.2 Å². The van der Waals surface area contributed by atoms with E-state index in [9.17, 15) is 9.59 Å². The summed E-state index contributed by atoms with van der Waals surface area (Å²) in [7, 11) is 1.86. The minimum absolute atomic E-state index is 0. The van der Waals surface area contributed by atoms with Gasteiger partial charge in [-0.25, -0.2) is 0 Å². The highest BCUT2D eigenvalue weighted by molar-refractivity contribution is 6.34. The molecule has 0 fully saturated rings. The summed E-state index contributed by atoms with van der Waals surface area (Å²) in [5.74, 6) is -0.464. The van der Waals surface area contributed by atoms with Crippen LogP contribution in [0.4, 0.5) is 5.69 Å². The maximum Gasteiger partial charge on any atom is 0.252 e. The molecular weight excluding hydrogens is 325 g/mol. The number of amides is 2. The lowest BCUT2D eigenvalue weighted by Gasteiger charge is -2.11. The van der Waals surface area contributed by atoms with Crippen LogP contribution in [-0.4, -0.2) is 32.0 Å². The fourth-order valence-electron chi connectivity index (χ4n) is 1.63. The first-order valence-corrected chi connectivity index (χ1v) is 7.36. The Morgan fingerprint density at radius 3 is 2.50 bits per heavy atom. The van der Waals surface area contributed by atoms with Crippen LogP contribution in [0.5, 0.6) is 0 Å². The largest absolute Gasteiger partial charge is 0.352 e. The van der Waals surface area contributed by atoms with E-state index in [-0.39, 0.29) is 30.1 Å². The number of benzene rings is 1. The van der Waals surface area contributed by atoms with Crippen molar-refractivity contribution in [2.24, 2.45) is 5.92 Å². The Bertz CT molecular complexity index is 508. The van der Waals surface area contributed by atoms with Crippen LogP contribution < -0.4 is 16.0 Å². The predicted octanol–water partition coefficient (Wildman–Crippen LogP) is 2.70. The molecule has 0 saturated heterocycles. The van der Waals surface area contributed by atoms with Crippen molar-refractivity contribution in [2.75, 3.05) is 25.5 Å². The maximum absolute atomic E-state index is 12.1. The molecule has 0 aliphatic carbocycles. The second kappa shape index (κ2) is 10.4. The van der Waals surface area contributed by atoms with Crippen molar-refractivity contribution in [3.05, 3.63) is 28.8 Å². The fourth-order valence-corrected chi connectivity index (χ4v) is 1.83. The molecule has 1 rings (SSSR count). The summed E-state index contributed by atoms with van der Waals surface area (Å²) < 4.78 is 0. The normalized spacial score (nSPS) is 10.0. The van der Waals surface area contributed by atoms with Gasteiger partial charge >= 0.3 is 0 Å². The second-order valence-electron chi connectivity index (χ2n) is 5.05. The van der Waals surface area contributed by atoms with Crippen molar-refractivity contribution >= 4 is 41.5 Å². The van der Waals surface area contributed by atoms with E-state index >= 15 is 0 Å². The molecule has 0 aromatic heterocycles. The molecule has 22 heavy (non-hydrogen) atoms. The standard InChI is InChI=1S/C15H22ClN3O2.ClH/c1-10(2)14(20)19-11-5-6-13(16)12(9-11)15(21)18-8-4-7-17-3;/h5-6,9-10,17H,4,7-8H2,1-3H3,(H,18,21)(H,19,20);1H. The Balaban J connectivity index is 0.00000441. The van der Waals surface area contributed by atoms with Gasteiger partial charge < -0.3 is 16.0 Å². The Kier molecular flexibility index (Phi) is 9.81. The third-order valence-corrected chi connectivity index (χ3v) is 3.22. The first-order chi connectivity index (χ1) is 9.95. The van der Waals surface area contributed by atoms with Crippen molar-refractivity contribution < 1.29 is 9.59 Å². The molecule has 2 amide bonds. The van der Waals surface area contributed by atoms with Gasteiger partial charge in [0.15, 0.2) is 0 Å². The van der Waals surface area contributed by atoms with Gasteiger partial charge in [0, 0.05) is 18.2 Å². The lowest BCUT2D eigenvalue weighted by atomic mass is 10.1. The molecule has 7 heteroatoms. The topological polar surface area (TPSA) is 70.2 Å². The third kappa shape index (κ3) is 6.64. The van der Waals surface area contributed by atoms with Gasteiger partial charge in [-0.15, -0.1) is 12.4 Å². The number of nitrogens with one attached hydrogen (secondary N) is 3. The smallest absolute Gasteiger partial charge is 0.252 e. The second-order valence-corrected chi connectivity index (χ2v) is 5.46. The highest BCUT2D eigenvalue weighted by atomic mass is 35.5. The molecule has 0 radical (unpaired) electrons. The zero-order chi connectivity index (χ0) is 15.8. The van der Waals surface area contributed by atoms with Gasteiger partial charge in [-0.3, -0.25) is 9.59 Å². The molecule has 0 unspecified atom stereocenters. The van der Waals surface area contributed by atoms with E-state index < -0.39 is 0 Å². The summed E-state index contributed by atoms with van der Waals surface area (Å²) >= 11 is 6.04. The van der Waals surface area contributed by atoms with Crippen LogP contribution in [0, 0.1) is 5.92 Å². The molecular formula is C15H23Cl2N3O2. The zero-order valence-corrected chi connectivity index (χ0v) is 14.6. The number of rotatable bonds is 7. The summed E-state index contributed by atoms with van der Waals surface area (Å²) in [6, 6.07) is 4.89. The summed E-state index contributed by atoms with van der Waals surface area (Å²) in [6.45, 7) is 5.01. The van der Waals surface area contributed by atoms with E-state index in [1.54, 1.807) is 32.0 Å². The summed E-state index contributed by atoms with van der Waals surface area (Å²) in [6.07, 6.45) is 0.837. The quantitative estimate of drug-likeness (QED) is 0.664. The van der Waals surface area contributed by atoms with Gasteiger partial charge in [0.2, 0.25) is 5.91 Å². The monoisotopic (exact) mass is 347 g/mol. The van der Waals surface area contributed by atoms with E-state index in [1.807, 2.05) is 7.05 Å². The van der Waals surface area contributed by atoms with Gasteiger partial charge in [-0.2, -0.15) is 0 Å². The van der Waals surface area contributed by atoms with E-state index in [2.05, 4.69) is 16.0 Å². The molecule has 124 valence electrons. The molecule has 0 saturated carbocycles. The van der Waals surface area contributed by atoms with E-state index in [4.69, 9.17) is 11.6 Å². The summed E-state index contributed by atoms with van der Waals surface area (Å²) in [5.41, 5.74) is 0.932. The summed E-state index contributed by atoms with van der Waals surface area (Å²) in [4.78, 5) is 23.7. The van der Waals surface area contributed by atoms with Crippen molar-refractivity contribution in [3.63, 3.8) is 0 Å². The number of hydrogen-bond donors (Lipinski definition) is 3. The average Bonchev–Trinajstić information content (AvgIpc) is 2.45. The minimum Gasteiger partial charge on any atom is -0.352 e. The number of carbonyl (C=O) groups is 2. The predicted molar refractivity (Wildman–Crippen MR) is 93.0 cm³/mol. The molecule has 0 aliphatic heterocycles. The first kappa shape index (κ1) is 20.7. The Hall–Kier alpha value is -1.30. The van der Waals surface area contributed by atoms with Crippen LogP contribution in [0.2, 0.25) is 5.02 Å². The molecule has 0 atom stereocenters. The van der Waals surface area contributed by atoms with Crippen molar-refractivity contribution in [2.45, 2.75) is 20.3 Å². The lowest BCUT2D eigenvalue weighted by molar-refractivity contribution is -0.118. The Morgan fingerprint density at radius 2 is 1.91 bits per heavy atom. The lowest BCUT2D eigenvalue weighted by Crippen LogP contribution is -2.27. The Morgan fingerprint density at radius 1 is 1.23 bits per heavy atom. The highest BCUT2D eigenvalue weighted by Gasteiger charge is 2.13.